The van der Waals surface area contributed by atoms with Gasteiger partial charge in [-0.1, -0.05) is 44.2 Å². The summed E-state index contributed by atoms with van der Waals surface area (Å²) in [7, 11) is 0. The molecule has 20 heavy (non-hydrogen) atoms. The van der Waals surface area contributed by atoms with E-state index in [1.807, 2.05) is 12.1 Å². The normalized spacial score (nSPS) is 10.8. The number of benzene rings is 2. The molecule has 0 aromatic heterocycles. The van der Waals surface area contributed by atoms with Crippen LogP contribution in [-0.4, -0.2) is 0 Å². The Bertz CT molecular complexity index is 564. The van der Waals surface area contributed by atoms with Gasteiger partial charge < -0.3 is 10.5 Å². The Morgan fingerprint density at radius 2 is 1.80 bits per heavy atom. The first-order chi connectivity index (χ1) is 9.60. The van der Waals surface area contributed by atoms with Crippen molar-refractivity contribution >= 4 is 0 Å². The number of hydrogen-bond donors (Lipinski definition) is 1. The predicted molar refractivity (Wildman–Crippen MR) is 79.2 cm³/mol. The van der Waals surface area contributed by atoms with Crippen molar-refractivity contribution < 1.29 is 9.13 Å². The second-order valence-electron chi connectivity index (χ2n) is 5.14. The highest BCUT2D eigenvalue weighted by atomic mass is 19.1. The molecule has 0 heterocycles. The number of rotatable bonds is 5. The Morgan fingerprint density at radius 3 is 2.35 bits per heavy atom. The lowest BCUT2D eigenvalue weighted by Gasteiger charge is -2.09. The molecule has 0 aliphatic carbocycles. The third kappa shape index (κ3) is 3.58. The third-order valence-electron chi connectivity index (χ3n) is 3.30. The first kappa shape index (κ1) is 14.5. The van der Waals surface area contributed by atoms with Crippen molar-refractivity contribution in [3.63, 3.8) is 0 Å². The van der Waals surface area contributed by atoms with Gasteiger partial charge in [-0.3, -0.25) is 0 Å². The van der Waals surface area contributed by atoms with E-state index in [9.17, 15) is 4.39 Å². The molecule has 0 unspecified atom stereocenters. The van der Waals surface area contributed by atoms with Crippen molar-refractivity contribution in [3.05, 3.63) is 65.0 Å². The molecule has 0 saturated heterocycles. The summed E-state index contributed by atoms with van der Waals surface area (Å²) in [6, 6.07) is 13.1. The Hall–Kier alpha value is -1.87. The maximum atomic E-state index is 13.6. The summed E-state index contributed by atoms with van der Waals surface area (Å²) in [5, 5.41) is 0. The minimum Gasteiger partial charge on any atom is -0.489 e. The SMILES string of the molecule is CC(C)c1ccc(COc2ccc(CN)c(F)c2)cc1. The number of nitrogens with two attached hydrogens (primary N) is 1. The van der Waals surface area contributed by atoms with E-state index in [1.54, 1.807) is 12.1 Å². The molecule has 106 valence electrons. The largest absolute Gasteiger partial charge is 0.489 e. The monoisotopic (exact) mass is 273 g/mol. The van der Waals surface area contributed by atoms with Gasteiger partial charge >= 0.3 is 0 Å². The molecule has 0 aliphatic rings. The van der Waals surface area contributed by atoms with Crippen LogP contribution in [0.4, 0.5) is 4.39 Å². The van der Waals surface area contributed by atoms with Crippen molar-refractivity contribution in [1.29, 1.82) is 0 Å². The molecule has 0 radical (unpaired) electrons. The van der Waals surface area contributed by atoms with Crippen LogP contribution in [0, 0.1) is 5.82 Å². The van der Waals surface area contributed by atoms with E-state index in [1.165, 1.54) is 11.6 Å². The zero-order valence-corrected chi connectivity index (χ0v) is 11.9. The zero-order chi connectivity index (χ0) is 14.5. The summed E-state index contributed by atoms with van der Waals surface area (Å²) in [5.74, 6) is 0.718. The average molecular weight is 273 g/mol. The van der Waals surface area contributed by atoms with Crippen LogP contribution in [0.25, 0.3) is 0 Å². The van der Waals surface area contributed by atoms with Crippen molar-refractivity contribution in [3.8, 4) is 5.75 Å². The molecule has 0 spiro atoms. The van der Waals surface area contributed by atoms with E-state index in [2.05, 4.69) is 26.0 Å². The van der Waals surface area contributed by atoms with Crippen LogP contribution in [0.1, 0.15) is 36.5 Å². The topological polar surface area (TPSA) is 35.2 Å². The molecule has 2 rings (SSSR count). The Kier molecular flexibility index (Phi) is 4.74. The summed E-state index contributed by atoms with van der Waals surface area (Å²) in [6.07, 6.45) is 0. The molecular weight excluding hydrogens is 253 g/mol. The van der Waals surface area contributed by atoms with Crippen LogP contribution >= 0.6 is 0 Å². The van der Waals surface area contributed by atoms with E-state index < -0.39 is 0 Å². The maximum Gasteiger partial charge on any atom is 0.131 e. The van der Waals surface area contributed by atoms with E-state index in [0.29, 0.717) is 23.8 Å². The van der Waals surface area contributed by atoms with Crippen LogP contribution in [-0.2, 0) is 13.2 Å². The highest BCUT2D eigenvalue weighted by Gasteiger charge is 2.04. The predicted octanol–water partition coefficient (Wildman–Crippen LogP) is 3.99. The molecule has 3 heteroatoms. The van der Waals surface area contributed by atoms with Crippen molar-refractivity contribution in [2.75, 3.05) is 0 Å². The number of halogens is 1. The highest BCUT2D eigenvalue weighted by molar-refractivity contribution is 5.30. The molecule has 0 fully saturated rings. The smallest absolute Gasteiger partial charge is 0.131 e. The lowest BCUT2D eigenvalue weighted by molar-refractivity contribution is 0.304. The Balaban J connectivity index is 1.99. The fraction of sp³-hybridized carbons (Fsp3) is 0.294. The fourth-order valence-electron chi connectivity index (χ4n) is 1.95. The first-order valence-corrected chi connectivity index (χ1v) is 6.80. The van der Waals surface area contributed by atoms with Gasteiger partial charge in [0.05, 0.1) is 0 Å². The van der Waals surface area contributed by atoms with E-state index >= 15 is 0 Å². The van der Waals surface area contributed by atoms with Gasteiger partial charge in [0.2, 0.25) is 0 Å². The second kappa shape index (κ2) is 6.53. The Labute approximate surface area is 119 Å². The second-order valence-corrected chi connectivity index (χ2v) is 5.14. The average Bonchev–Trinajstić information content (AvgIpc) is 2.45. The van der Waals surface area contributed by atoms with E-state index in [4.69, 9.17) is 10.5 Å². The standard InChI is InChI=1S/C17H20FNO/c1-12(2)14-5-3-13(4-6-14)11-20-16-8-7-15(10-19)17(18)9-16/h3-9,12H,10-11,19H2,1-2H3. The molecule has 2 aromatic rings. The van der Waals surface area contributed by atoms with Gasteiger partial charge in [-0.05, 0) is 23.1 Å². The summed E-state index contributed by atoms with van der Waals surface area (Å²) in [5.41, 5.74) is 8.29. The highest BCUT2D eigenvalue weighted by Crippen LogP contribution is 2.19. The van der Waals surface area contributed by atoms with Crippen molar-refractivity contribution in [2.24, 2.45) is 5.73 Å². The van der Waals surface area contributed by atoms with Gasteiger partial charge in [-0.15, -0.1) is 0 Å². The van der Waals surface area contributed by atoms with Crippen LogP contribution in [0.3, 0.4) is 0 Å². The first-order valence-electron chi connectivity index (χ1n) is 6.80. The molecular formula is C17H20FNO. The number of hydrogen-bond acceptors (Lipinski definition) is 2. The van der Waals surface area contributed by atoms with Crippen molar-refractivity contribution in [2.45, 2.75) is 32.9 Å². The molecule has 0 bridgehead atoms. The minimum absolute atomic E-state index is 0.197. The molecule has 2 aromatic carbocycles. The summed E-state index contributed by atoms with van der Waals surface area (Å²) >= 11 is 0. The van der Waals surface area contributed by atoms with Crippen molar-refractivity contribution in [1.82, 2.24) is 0 Å². The van der Waals surface area contributed by atoms with Crippen LogP contribution in [0.2, 0.25) is 0 Å². The molecule has 0 amide bonds. The van der Waals surface area contributed by atoms with Gasteiger partial charge in [0.15, 0.2) is 0 Å². The molecule has 2 N–H and O–H groups in total. The third-order valence-corrected chi connectivity index (χ3v) is 3.30. The molecule has 0 atom stereocenters. The van der Waals surface area contributed by atoms with Gasteiger partial charge in [0, 0.05) is 18.2 Å². The lowest BCUT2D eigenvalue weighted by atomic mass is 10.0. The fourth-order valence-corrected chi connectivity index (χ4v) is 1.95. The van der Waals surface area contributed by atoms with Crippen LogP contribution in [0.5, 0.6) is 5.75 Å². The summed E-state index contributed by atoms with van der Waals surface area (Å²) in [4.78, 5) is 0. The van der Waals surface area contributed by atoms with Crippen LogP contribution in [0.15, 0.2) is 42.5 Å². The zero-order valence-electron chi connectivity index (χ0n) is 11.9. The summed E-state index contributed by atoms with van der Waals surface area (Å²) < 4.78 is 19.1. The lowest BCUT2D eigenvalue weighted by Crippen LogP contribution is -2.01. The maximum absolute atomic E-state index is 13.6. The number of ether oxygens (including phenoxy) is 1. The Morgan fingerprint density at radius 1 is 1.10 bits per heavy atom. The van der Waals surface area contributed by atoms with Gasteiger partial charge in [-0.25, -0.2) is 4.39 Å². The van der Waals surface area contributed by atoms with Gasteiger partial charge in [-0.2, -0.15) is 0 Å². The van der Waals surface area contributed by atoms with E-state index in [0.717, 1.165) is 5.56 Å². The summed E-state index contributed by atoms with van der Waals surface area (Å²) in [6.45, 7) is 4.95. The van der Waals surface area contributed by atoms with Gasteiger partial charge in [0.25, 0.3) is 0 Å². The van der Waals surface area contributed by atoms with Crippen LogP contribution < -0.4 is 10.5 Å². The molecule has 0 saturated carbocycles. The minimum atomic E-state index is -0.319. The molecule has 0 aliphatic heterocycles. The van der Waals surface area contributed by atoms with E-state index in [-0.39, 0.29) is 12.4 Å². The van der Waals surface area contributed by atoms with Gasteiger partial charge in [0.1, 0.15) is 18.2 Å². The quantitative estimate of drug-likeness (QED) is 0.894. The molecule has 2 nitrogen and oxygen atoms in total.